The van der Waals surface area contributed by atoms with E-state index < -0.39 is 0 Å². The molecule has 0 aliphatic rings. The van der Waals surface area contributed by atoms with Gasteiger partial charge >= 0.3 is 0 Å². The van der Waals surface area contributed by atoms with Gasteiger partial charge in [-0.15, -0.1) is 0 Å². The summed E-state index contributed by atoms with van der Waals surface area (Å²) < 4.78 is 7.29. The molecule has 0 aliphatic heterocycles. The molecular formula is C78H55N3. The SMILES string of the molecule is Cc1ccc2c(c1)c1cc(C)ccc1n2-c1ccc(-c2ccc3c(c2)c2cc(-c4ccc(-n5c6ccc(C)cc6c6cc(C)ccc65)cc4)ccc2n3-c2ccc(-c3c4ccccc4c(-c4ccccc4)c4ccccc34)cc2)cc1. The van der Waals surface area contributed by atoms with E-state index in [1.54, 1.807) is 0 Å². The lowest BCUT2D eigenvalue weighted by atomic mass is 9.86. The molecule has 3 heterocycles. The van der Waals surface area contributed by atoms with Crippen molar-refractivity contribution in [3.8, 4) is 61.6 Å². The largest absolute Gasteiger partial charge is 0.309 e. The predicted octanol–water partition coefficient (Wildman–Crippen LogP) is 21.2. The Morgan fingerprint density at radius 2 is 0.432 bits per heavy atom. The summed E-state index contributed by atoms with van der Waals surface area (Å²) in [5, 5.41) is 12.6. The maximum Gasteiger partial charge on any atom is 0.0541 e. The van der Waals surface area contributed by atoms with Gasteiger partial charge in [-0.2, -0.15) is 0 Å². The fourth-order valence-corrected chi connectivity index (χ4v) is 13.5. The van der Waals surface area contributed by atoms with Crippen molar-refractivity contribution in [1.82, 2.24) is 13.7 Å². The van der Waals surface area contributed by atoms with E-state index in [1.807, 2.05) is 0 Å². The van der Waals surface area contributed by atoms with Crippen LogP contribution in [0, 0.1) is 27.7 Å². The summed E-state index contributed by atoms with van der Waals surface area (Å²) in [5.74, 6) is 0. The Hall–Kier alpha value is -10.2. The van der Waals surface area contributed by atoms with Gasteiger partial charge in [-0.3, -0.25) is 0 Å². The summed E-state index contributed by atoms with van der Waals surface area (Å²) >= 11 is 0. The second-order valence-electron chi connectivity index (χ2n) is 22.4. The van der Waals surface area contributed by atoms with Crippen LogP contribution in [0.15, 0.2) is 261 Å². The molecule has 0 aliphatic carbocycles. The van der Waals surface area contributed by atoms with Gasteiger partial charge in [-0.05, 0) is 203 Å². The summed E-state index contributed by atoms with van der Waals surface area (Å²) in [7, 11) is 0. The van der Waals surface area contributed by atoms with Gasteiger partial charge in [0.2, 0.25) is 0 Å². The minimum atomic E-state index is 1.12. The van der Waals surface area contributed by atoms with Gasteiger partial charge < -0.3 is 13.7 Å². The topological polar surface area (TPSA) is 14.8 Å². The average Bonchev–Trinajstić information content (AvgIpc) is 4.28. The molecule has 0 radical (unpaired) electrons. The van der Waals surface area contributed by atoms with Gasteiger partial charge in [0, 0.05) is 49.4 Å². The maximum absolute atomic E-state index is 2.46. The van der Waals surface area contributed by atoms with Crippen LogP contribution in [-0.2, 0) is 0 Å². The van der Waals surface area contributed by atoms with Crippen LogP contribution in [0.2, 0.25) is 0 Å². The Kier molecular flexibility index (Phi) is 10.5. The molecule has 16 aromatic rings. The molecule has 382 valence electrons. The van der Waals surface area contributed by atoms with Crippen molar-refractivity contribution in [2.75, 3.05) is 0 Å². The average molecular weight is 1030 g/mol. The minimum Gasteiger partial charge on any atom is -0.309 e. The van der Waals surface area contributed by atoms with Crippen molar-refractivity contribution in [2.24, 2.45) is 0 Å². The van der Waals surface area contributed by atoms with Crippen LogP contribution in [0.25, 0.3) is 149 Å². The number of aryl methyl sites for hydroxylation is 4. The van der Waals surface area contributed by atoms with Gasteiger partial charge in [-0.1, -0.05) is 174 Å². The molecule has 81 heavy (non-hydrogen) atoms. The highest BCUT2D eigenvalue weighted by molar-refractivity contribution is 6.22. The van der Waals surface area contributed by atoms with E-state index in [1.165, 1.54) is 154 Å². The third-order valence-electron chi connectivity index (χ3n) is 17.2. The first kappa shape index (κ1) is 46.8. The zero-order chi connectivity index (χ0) is 54.0. The second kappa shape index (κ2) is 18.2. The number of aromatic nitrogens is 3. The Morgan fingerprint density at radius 3 is 0.753 bits per heavy atom. The summed E-state index contributed by atoms with van der Waals surface area (Å²) in [5.41, 5.74) is 25.4. The Morgan fingerprint density at radius 1 is 0.185 bits per heavy atom. The summed E-state index contributed by atoms with van der Waals surface area (Å²) in [4.78, 5) is 0. The molecule has 3 nitrogen and oxygen atoms in total. The fourth-order valence-electron chi connectivity index (χ4n) is 13.5. The van der Waals surface area contributed by atoms with Crippen molar-refractivity contribution in [3.05, 3.63) is 283 Å². The van der Waals surface area contributed by atoms with Crippen molar-refractivity contribution >= 4 is 87.0 Å². The first-order valence-corrected chi connectivity index (χ1v) is 28.2. The van der Waals surface area contributed by atoms with Crippen LogP contribution in [-0.4, -0.2) is 13.7 Å². The van der Waals surface area contributed by atoms with Crippen LogP contribution in [0.1, 0.15) is 22.3 Å². The molecular weight excluding hydrogens is 979 g/mol. The highest BCUT2D eigenvalue weighted by atomic mass is 15.0. The highest BCUT2D eigenvalue weighted by Gasteiger charge is 2.20. The zero-order valence-electron chi connectivity index (χ0n) is 45.7. The van der Waals surface area contributed by atoms with E-state index in [4.69, 9.17) is 0 Å². The first-order chi connectivity index (χ1) is 39.8. The lowest BCUT2D eigenvalue weighted by Crippen LogP contribution is -1.95. The molecule has 0 unspecified atom stereocenters. The van der Waals surface area contributed by atoms with Gasteiger partial charge in [-0.25, -0.2) is 0 Å². The van der Waals surface area contributed by atoms with Crippen molar-refractivity contribution < 1.29 is 0 Å². The van der Waals surface area contributed by atoms with Crippen LogP contribution in [0.4, 0.5) is 0 Å². The third kappa shape index (κ3) is 7.43. The third-order valence-corrected chi connectivity index (χ3v) is 17.2. The molecule has 0 spiro atoms. The van der Waals surface area contributed by atoms with E-state index in [9.17, 15) is 0 Å². The fraction of sp³-hybridized carbons (Fsp3) is 0.0513. The number of hydrogen-bond donors (Lipinski definition) is 0. The van der Waals surface area contributed by atoms with Gasteiger partial charge in [0.05, 0.1) is 33.1 Å². The minimum absolute atomic E-state index is 1.12. The molecule has 0 fully saturated rings. The van der Waals surface area contributed by atoms with E-state index in [0.717, 1.165) is 17.1 Å². The molecule has 0 saturated carbocycles. The van der Waals surface area contributed by atoms with Crippen LogP contribution in [0.3, 0.4) is 0 Å². The summed E-state index contributed by atoms with van der Waals surface area (Å²) in [6.45, 7) is 8.72. The number of nitrogens with zero attached hydrogens (tertiary/aromatic N) is 3. The lowest BCUT2D eigenvalue weighted by molar-refractivity contribution is 1.18. The van der Waals surface area contributed by atoms with Crippen LogP contribution >= 0.6 is 0 Å². The molecule has 0 atom stereocenters. The smallest absolute Gasteiger partial charge is 0.0541 e. The van der Waals surface area contributed by atoms with Gasteiger partial charge in [0.1, 0.15) is 0 Å². The predicted molar refractivity (Wildman–Crippen MR) is 345 cm³/mol. The number of fused-ring (bicyclic) bond motifs is 11. The van der Waals surface area contributed by atoms with Crippen molar-refractivity contribution in [2.45, 2.75) is 27.7 Å². The number of benzene rings is 13. The van der Waals surface area contributed by atoms with Gasteiger partial charge in [0.25, 0.3) is 0 Å². The Balaban J connectivity index is 0.835. The molecule has 0 saturated heterocycles. The standard InChI is InChI=1S/C78H55N3/c1-48-18-36-71-65(42-48)66-43-49(2)19-37-72(66)79(71)58-30-22-52(23-31-58)56-28-40-75-69(46-56)70-47-57(53-24-32-59(33-25-53)80-73-38-20-50(3)44-67(73)68-45-51(4)21-39-74(68)80)29-41-76(70)81(75)60-34-26-55(27-35-60)78-63-16-10-8-14-61(63)77(54-12-6-5-7-13-54)62-15-9-11-17-64(62)78/h5-47H,1-4H3. The highest BCUT2D eigenvalue weighted by Crippen LogP contribution is 2.45. The molecule has 0 bridgehead atoms. The van der Waals surface area contributed by atoms with E-state index in [0.29, 0.717) is 0 Å². The Bertz CT molecular complexity index is 4820. The quantitative estimate of drug-likeness (QED) is 0.141. The zero-order valence-corrected chi connectivity index (χ0v) is 45.7. The molecule has 0 amide bonds. The van der Waals surface area contributed by atoms with Gasteiger partial charge in [0.15, 0.2) is 0 Å². The van der Waals surface area contributed by atoms with Crippen LogP contribution in [0.5, 0.6) is 0 Å². The maximum atomic E-state index is 2.46. The number of rotatable bonds is 7. The Labute approximate surface area is 470 Å². The second-order valence-corrected chi connectivity index (χ2v) is 22.4. The van der Waals surface area contributed by atoms with E-state index in [-0.39, 0.29) is 0 Å². The van der Waals surface area contributed by atoms with Crippen molar-refractivity contribution in [3.63, 3.8) is 0 Å². The normalized spacial score (nSPS) is 12.0. The number of hydrogen-bond acceptors (Lipinski definition) is 0. The summed E-state index contributed by atoms with van der Waals surface area (Å²) in [6, 6.07) is 97.6. The van der Waals surface area contributed by atoms with Crippen LogP contribution < -0.4 is 0 Å². The molecule has 16 rings (SSSR count). The van der Waals surface area contributed by atoms with E-state index in [2.05, 4.69) is 302 Å². The first-order valence-electron chi connectivity index (χ1n) is 28.2. The van der Waals surface area contributed by atoms with E-state index >= 15 is 0 Å². The molecule has 13 aromatic carbocycles. The summed E-state index contributed by atoms with van der Waals surface area (Å²) in [6.07, 6.45) is 0. The lowest BCUT2D eigenvalue weighted by Gasteiger charge is -2.18. The molecule has 0 N–H and O–H groups in total. The molecule has 3 heteroatoms. The monoisotopic (exact) mass is 1030 g/mol. The molecule has 3 aromatic heterocycles. The van der Waals surface area contributed by atoms with Crippen molar-refractivity contribution in [1.29, 1.82) is 0 Å².